The van der Waals surface area contributed by atoms with E-state index in [0.717, 1.165) is 64.1 Å². The highest BCUT2D eigenvalue weighted by atomic mass is 16.4. The number of hydrogen-bond donors (Lipinski definition) is 4. The lowest BCUT2D eigenvalue weighted by atomic mass is 9.99. The van der Waals surface area contributed by atoms with E-state index in [1.165, 1.54) is 50.5 Å². The van der Waals surface area contributed by atoms with Crippen LogP contribution in [-0.4, -0.2) is 83.2 Å². The number of carbonyl (C=O) groups excluding carboxylic acids is 1. The summed E-state index contributed by atoms with van der Waals surface area (Å²) in [5.41, 5.74) is 2.68. The zero-order chi connectivity index (χ0) is 34.6. The van der Waals surface area contributed by atoms with Gasteiger partial charge in [-0.25, -0.2) is 4.79 Å². The van der Waals surface area contributed by atoms with E-state index in [2.05, 4.69) is 73.8 Å². The summed E-state index contributed by atoms with van der Waals surface area (Å²) in [5, 5.41) is 18.2. The Labute approximate surface area is 288 Å². The topological polar surface area (TPSA) is 136 Å². The van der Waals surface area contributed by atoms with Crippen molar-refractivity contribution in [2.75, 3.05) is 61.8 Å². The highest BCUT2D eigenvalue weighted by molar-refractivity contribution is 5.85. The maximum atomic E-state index is 12.0. The maximum absolute atomic E-state index is 12.0. The third kappa shape index (κ3) is 15.0. The molecular formula is C37H60N8O3. The molecule has 1 aliphatic rings. The average Bonchev–Trinajstić information content (AvgIpc) is 3.09. The third-order valence-corrected chi connectivity index (χ3v) is 9.11. The number of carbonyl (C=O) groups is 2. The number of nitrogens with one attached hydrogen (secondary N) is 3. The SMILES string of the molecule is CCC(C)Cc1ccc(Nc2nc(NC)nc(N3CCN(CCCCCCCCCCC(=O)NCCC/C=C(/C)C(=O)O)CC3)n2)cc1. The number of benzene rings is 1. The molecule has 4 N–H and O–H groups in total. The lowest BCUT2D eigenvalue weighted by Crippen LogP contribution is -2.47. The van der Waals surface area contributed by atoms with Crippen LogP contribution in [-0.2, 0) is 16.0 Å². The molecule has 0 saturated carbocycles. The summed E-state index contributed by atoms with van der Waals surface area (Å²) in [4.78, 5) is 41.5. The molecule has 0 spiro atoms. The Morgan fingerprint density at radius 1 is 0.896 bits per heavy atom. The summed E-state index contributed by atoms with van der Waals surface area (Å²) in [5.74, 6) is 1.72. The molecule has 1 aromatic carbocycles. The van der Waals surface area contributed by atoms with E-state index >= 15 is 0 Å². The maximum Gasteiger partial charge on any atom is 0.330 e. The normalized spacial score (nSPS) is 14.5. The number of piperazine rings is 1. The first-order valence-electron chi connectivity index (χ1n) is 18.2. The van der Waals surface area contributed by atoms with E-state index in [1.54, 1.807) is 13.0 Å². The summed E-state index contributed by atoms with van der Waals surface area (Å²) in [6, 6.07) is 8.56. The lowest BCUT2D eigenvalue weighted by Gasteiger charge is -2.34. The molecule has 11 nitrogen and oxygen atoms in total. The molecule has 1 atom stereocenters. The number of carboxylic acid groups (broad SMARTS) is 1. The van der Waals surface area contributed by atoms with Crippen LogP contribution in [0.5, 0.6) is 0 Å². The molecule has 1 amide bonds. The van der Waals surface area contributed by atoms with Crippen molar-refractivity contribution in [2.24, 2.45) is 5.92 Å². The second-order valence-corrected chi connectivity index (χ2v) is 13.2. The summed E-state index contributed by atoms with van der Waals surface area (Å²) in [6.07, 6.45) is 15.4. The van der Waals surface area contributed by atoms with E-state index < -0.39 is 5.97 Å². The Kier molecular flexibility index (Phi) is 17.8. The van der Waals surface area contributed by atoms with E-state index in [4.69, 9.17) is 10.1 Å². The number of nitrogens with zero attached hydrogens (tertiary/aromatic N) is 5. The second-order valence-electron chi connectivity index (χ2n) is 13.2. The molecule has 1 fully saturated rings. The molecule has 266 valence electrons. The highest BCUT2D eigenvalue weighted by Crippen LogP contribution is 2.21. The molecule has 0 radical (unpaired) electrons. The Morgan fingerprint density at radius 3 is 2.19 bits per heavy atom. The van der Waals surface area contributed by atoms with Crippen LogP contribution >= 0.6 is 0 Å². The largest absolute Gasteiger partial charge is 0.478 e. The monoisotopic (exact) mass is 664 g/mol. The standard InChI is InChI=1S/C37H60N8O3/c1-5-29(2)28-31-18-20-32(21-19-31)40-36-41-35(38-4)42-37(43-36)45-26-24-44(25-27-45)23-15-11-9-7-6-8-10-12-17-33(46)39-22-14-13-16-30(3)34(47)48/h16,18-21,29H,5-15,17,22-28H2,1-4H3,(H,39,46)(H,47,48)(H2,38,40,41,42,43)/b30-16-. The van der Waals surface area contributed by atoms with Crippen LogP contribution in [0.1, 0.15) is 103 Å². The van der Waals surface area contributed by atoms with Crippen LogP contribution in [0, 0.1) is 5.92 Å². The van der Waals surface area contributed by atoms with Gasteiger partial charge in [0.05, 0.1) is 0 Å². The van der Waals surface area contributed by atoms with Gasteiger partial charge in [-0.1, -0.05) is 77.0 Å². The Bertz CT molecular complexity index is 1260. The number of anilines is 4. The van der Waals surface area contributed by atoms with Gasteiger partial charge in [-0.2, -0.15) is 15.0 Å². The number of carboxylic acids is 1. The number of unbranched alkanes of at least 4 members (excludes halogenated alkanes) is 8. The van der Waals surface area contributed by atoms with E-state index in [1.807, 2.05) is 7.05 Å². The molecule has 0 bridgehead atoms. The van der Waals surface area contributed by atoms with Crippen LogP contribution in [0.3, 0.4) is 0 Å². The van der Waals surface area contributed by atoms with Crippen LogP contribution < -0.4 is 20.9 Å². The zero-order valence-electron chi connectivity index (χ0n) is 29.9. The molecule has 1 unspecified atom stereocenters. The van der Waals surface area contributed by atoms with Crippen molar-refractivity contribution >= 4 is 35.4 Å². The molecule has 1 aromatic heterocycles. The van der Waals surface area contributed by atoms with Gasteiger partial charge in [0.25, 0.3) is 0 Å². The van der Waals surface area contributed by atoms with Crippen LogP contribution in [0.2, 0.25) is 0 Å². The number of allylic oxidation sites excluding steroid dienone is 1. The first-order chi connectivity index (χ1) is 23.3. The Hall–Kier alpha value is -3.73. The van der Waals surface area contributed by atoms with E-state index in [-0.39, 0.29) is 5.91 Å². The minimum atomic E-state index is -0.886. The molecule has 2 aromatic rings. The van der Waals surface area contributed by atoms with Crippen LogP contribution in [0.15, 0.2) is 35.9 Å². The predicted octanol–water partition coefficient (Wildman–Crippen LogP) is 6.81. The number of rotatable bonds is 23. The summed E-state index contributed by atoms with van der Waals surface area (Å²) >= 11 is 0. The Balaban J connectivity index is 1.23. The number of aliphatic carboxylic acids is 1. The summed E-state index contributed by atoms with van der Waals surface area (Å²) in [6.45, 7) is 11.7. The number of hydrogen-bond acceptors (Lipinski definition) is 9. The lowest BCUT2D eigenvalue weighted by molar-refractivity contribution is -0.132. The smallest absolute Gasteiger partial charge is 0.330 e. The quantitative estimate of drug-likeness (QED) is 0.0741. The zero-order valence-corrected chi connectivity index (χ0v) is 29.9. The fourth-order valence-corrected chi connectivity index (χ4v) is 5.75. The van der Waals surface area contributed by atoms with Crippen molar-refractivity contribution in [3.63, 3.8) is 0 Å². The van der Waals surface area contributed by atoms with E-state index in [9.17, 15) is 9.59 Å². The first kappa shape index (κ1) is 38.7. The van der Waals surface area contributed by atoms with Crippen molar-refractivity contribution in [1.29, 1.82) is 0 Å². The second kappa shape index (κ2) is 22.0. The molecular weight excluding hydrogens is 604 g/mol. The van der Waals surface area contributed by atoms with Crippen LogP contribution in [0.4, 0.5) is 23.5 Å². The van der Waals surface area contributed by atoms with Gasteiger partial charge in [0.1, 0.15) is 0 Å². The highest BCUT2D eigenvalue weighted by Gasteiger charge is 2.20. The molecule has 2 heterocycles. The Morgan fingerprint density at radius 2 is 1.54 bits per heavy atom. The van der Waals surface area contributed by atoms with Gasteiger partial charge < -0.3 is 26.0 Å². The van der Waals surface area contributed by atoms with Gasteiger partial charge in [0, 0.05) is 57.5 Å². The van der Waals surface area contributed by atoms with Gasteiger partial charge in [-0.15, -0.1) is 0 Å². The molecule has 1 aliphatic heterocycles. The van der Waals surface area contributed by atoms with Crippen molar-refractivity contribution in [2.45, 2.75) is 104 Å². The predicted molar refractivity (Wildman–Crippen MR) is 196 cm³/mol. The molecule has 11 heteroatoms. The fourth-order valence-electron chi connectivity index (χ4n) is 5.75. The third-order valence-electron chi connectivity index (χ3n) is 9.11. The van der Waals surface area contributed by atoms with Gasteiger partial charge >= 0.3 is 5.97 Å². The van der Waals surface area contributed by atoms with Crippen molar-refractivity contribution in [3.05, 3.63) is 41.5 Å². The van der Waals surface area contributed by atoms with Gasteiger partial charge in [0.2, 0.25) is 23.8 Å². The van der Waals surface area contributed by atoms with Gasteiger partial charge in [-0.3, -0.25) is 9.69 Å². The molecule has 3 rings (SSSR count). The summed E-state index contributed by atoms with van der Waals surface area (Å²) < 4.78 is 0. The molecule has 0 aliphatic carbocycles. The van der Waals surface area contributed by atoms with Crippen molar-refractivity contribution in [3.8, 4) is 0 Å². The average molecular weight is 665 g/mol. The first-order valence-corrected chi connectivity index (χ1v) is 18.2. The summed E-state index contributed by atoms with van der Waals surface area (Å²) in [7, 11) is 1.84. The minimum absolute atomic E-state index is 0.0985. The van der Waals surface area contributed by atoms with E-state index in [0.29, 0.717) is 48.7 Å². The fraction of sp³-hybridized carbons (Fsp3) is 0.649. The van der Waals surface area contributed by atoms with Crippen LogP contribution in [0.25, 0.3) is 0 Å². The molecule has 1 saturated heterocycles. The number of amides is 1. The van der Waals surface area contributed by atoms with Crippen molar-refractivity contribution in [1.82, 2.24) is 25.2 Å². The van der Waals surface area contributed by atoms with Crippen molar-refractivity contribution < 1.29 is 14.7 Å². The molecule has 48 heavy (non-hydrogen) atoms. The van der Waals surface area contributed by atoms with Gasteiger partial charge in [0.15, 0.2) is 0 Å². The number of aromatic nitrogens is 3. The van der Waals surface area contributed by atoms with Gasteiger partial charge in [-0.05, 0) is 69.2 Å². The minimum Gasteiger partial charge on any atom is -0.478 e.